The largest absolute Gasteiger partial charge is 0.508 e. The first-order chi connectivity index (χ1) is 14.0. The molecular formula is C20H25Cl2NO6S. The highest BCUT2D eigenvalue weighted by molar-refractivity contribution is 8.19. The van der Waals surface area contributed by atoms with E-state index in [1.165, 1.54) is 0 Å². The van der Waals surface area contributed by atoms with Crippen molar-refractivity contribution in [3.05, 3.63) is 57.1 Å². The molecule has 30 heavy (non-hydrogen) atoms. The molecule has 7 nitrogen and oxygen atoms in total. The van der Waals surface area contributed by atoms with E-state index in [0.29, 0.717) is 27.8 Å². The molecule has 0 fully saturated rings. The van der Waals surface area contributed by atoms with Crippen LogP contribution in [0.15, 0.2) is 30.3 Å². The van der Waals surface area contributed by atoms with Crippen molar-refractivity contribution in [2.24, 2.45) is 0 Å². The summed E-state index contributed by atoms with van der Waals surface area (Å²) < 4.78 is 32.0. The highest BCUT2D eigenvalue weighted by atomic mass is 35.5. The first kappa shape index (κ1) is 24.6. The predicted molar refractivity (Wildman–Crippen MR) is 120 cm³/mol. The highest BCUT2D eigenvalue weighted by Crippen LogP contribution is 2.34. The molecule has 5 N–H and O–H groups in total. The molecule has 1 amide bonds. The van der Waals surface area contributed by atoms with E-state index >= 15 is 0 Å². The van der Waals surface area contributed by atoms with Crippen LogP contribution < -0.4 is 10.1 Å². The fourth-order valence-corrected chi connectivity index (χ4v) is 3.72. The standard InChI is InChI=1S/C20H25Cl2NO6S/c1-12(2)15-7-13(3-4-19(15)24)8-16-17(21)9-14(10-18(16)22)29-11-20(25)23-5-6-30(26,27)28/h3-4,7,9-10,12,24,26-28H,5-6,8,11H2,1-2H3,(H,23,25). The van der Waals surface area contributed by atoms with Crippen molar-refractivity contribution in [1.29, 1.82) is 0 Å². The molecule has 2 aromatic carbocycles. The summed E-state index contributed by atoms with van der Waals surface area (Å²) >= 11 is 12.7. The second kappa shape index (κ2) is 10.6. The van der Waals surface area contributed by atoms with Gasteiger partial charge >= 0.3 is 0 Å². The molecule has 0 aliphatic rings. The van der Waals surface area contributed by atoms with Crippen LogP contribution in [0.25, 0.3) is 0 Å². The van der Waals surface area contributed by atoms with Gasteiger partial charge in [-0.25, -0.2) is 0 Å². The number of benzene rings is 2. The fourth-order valence-electron chi connectivity index (χ4n) is 2.74. The van der Waals surface area contributed by atoms with Gasteiger partial charge in [0.25, 0.3) is 5.91 Å². The molecule has 10 heteroatoms. The third-order valence-electron chi connectivity index (χ3n) is 4.28. The summed E-state index contributed by atoms with van der Waals surface area (Å²) in [4.78, 5) is 11.7. The Balaban J connectivity index is 2.02. The number of nitrogens with one attached hydrogen (secondary N) is 1. The number of amides is 1. The third kappa shape index (κ3) is 7.54. The molecule has 2 aromatic rings. The maximum atomic E-state index is 11.7. The summed E-state index contributed by atoms with van der Waals surface area (Å²) in [5.41, 5.74) is 2.49. The van der Waals surface area contributed by atoms with Gasteiger partial charge in [0.15, 0.2) is 6.61 Å². The molecule has 0 bridgehead atoms. The lowest BCUT2D eigenvalue weighted by Crippen LogP contribution is -2.32. The van der Waals surface area contributed by atoms with E-state index in [9.17, 15) is 9.90 Å². The van der Waals surface area contributed by atoms with Crippen LogP contribution in [0.5, 0.6) is 11.5 Å². The maximum Gasteiger partial charge on any atom is 0.257 e. The van der Waals surface area contributed by atoms with Crippen LogP contribution in [-0.4, -0.2) is 43.6 Å². The molecule has 2 rings (SSSR count). The van der Waals surface area contributed by atoms with Crippen molar-refractivity contribution in [2.45, 2.75) is 26.2 Å². The molecule has 0 heterocycles. The molecule has 0 saturated heterocycles. The number of aromatic hydroxyl groups is 1. The van der Waals surface area contributed by atoms with Crippen LogP contribution in [0.3, 0.4) is 0 Å². The van der Waals surface area contributed by atoms with E-state index in [2.05, 4.69) is 5.32 Å². The maximum absolute atomic E-state index is 11.7. The summed E-state index contributed by atoms with van der Waals surface area (Å²) in [6, 6.07) is 8.50. The van der Waals surface area contributed by atoms with Crippen LogP contribution in [0.2, 0.25) is 10.0 Å². The number of halogens is 2. The smallest absolute Gasteiger partial charge is 0.257 e. The molecule has 166 valence electrons. The molecule has 0 aromatic heterocycles. The molecule has 0 atom stereocenters. The quantitative estimate of drug-likeness (QED) is 0.341. The summed E-state index contributed by atoms with van der Waals surface area (Å²) in [6.45, 7) is 3.56. The normalized spacial score (nSPS) is 12.1. The van der Waals surface area contributed by atoms with E-state index in [1.807, 2.05) is 26.0 Å². The van der Waals surface area contributed by atoms with Gasteiger partial charge in [0.2, 0.25) is 0 Å². The number of phenolic OH excluding ortho intramolecular Hbond substituents is 1. The number of phenols is 1. The van der Waals surface area contributed by atoms with Gasteiger partial charge in [-0.05, 0) is 40.8 Å². The second-order valence-electron chi connectivity index (χ2n) is 7.07. The average molecular weight is 478 g/mol. The second-order valence-corrected chi connectivity index (χ2v) is 9.55. The van der Waals surface area contributed by atoms with Gasteiger partial charge in [-0.2, -0.15) is 0 Å². The van der Waals surface area contributed by atoms with Crippen molar-refractivity contribution in [1.82, 2.24) is 5.32 Å². The zero-order valence-corrected chi connectivity index (χ0v) is 18.9. The minimum Gasteiger partial charge on any atom is -0.508 e. The average Bonchev–Trinajstić information content (AvgIpc) is 2.63. The molecule has 0 aliphatic carbocycles. The van der Waals surface area contributed by atoms with Crippen LogP contribution in [0.1, 0.15) is 36.5 Å². The number of hydrogen-bond donors (Lipinski definition) is 5. The fraction of sp³-hybridized carbons (Fsp3) is 0.350. The van der Waals surface area contributed by atoms with Gasteiger partial charge in [0.1, 0.15) is 11.5 Å². The Morgan fingerprint density at radius 3 is 2.33 bits per heavy atom. The number of rotatable bonds is 9. The first-order valence-electron chi connectivity index (χ1n) is 9.14. The van der Waals surface area contributed by atoms with E-state index in [0.717, 1.165) is 11.1 Å². The molecule has 0 unspecified atom stereocenters. The van der Waals surface area contributed by atoms with Crippen molar-refractivity contribution >= 4 is 40.0 Å². The van der Waals surface area contributed by atoms with Crippen molar-refractivity contribution in [3.63, 3.8) is 0 Å². The summed E-state index contributed by atoms with van der Waals surface area (Å²) in [6.07, 6.45) is 0.464. The Kier molecular flexibility index (Phi) is 8.66. The Bertz CT molecular complexity index is 878. The summed E-state index contributed by atoms with van der Waals surface area (Å²) in [5.74, 6) is -0.134. The number of carbonyl (C=O) groups is 1. The van der Waals surface area contributed by atoms with Crippen LogP contribution in [0.4, 0.5) is 0 Å². The van der Waals surface area contributed by atoms with E-state index in [-0.39, 0.29) is 30.6 Å². The SMILES string of the molecule is CC(C)c1cc(Cc2c(Cl)cc(OCC(=O)NCCS(O)(O)O)cc2Cl)ccc1O. The topological polar surface area (TPSA) is 119 Å². The minimum absolute atomic E-state index is 0.105. The van der Waals surface area contributed by atoms with Gasteiger partial charge in [0.05, 0.1) is 16.6 Å². The van der Waals surface area contributed by atoms with E-state index < -0.39 is 16.8 Å². The first-order valence-corrected chi connectivity index (χ1v) is 11.6. The van der Waals surface area contributed by atoms with Crippen molar-refractivity contribution in [3.8, 4) is 11.5 Å². The van der Waals surface area contributed by atoms with E-state index in [1.54, 1.807) is 18.2 Å². The van der Waals surface area contributed by atoms with Gasteiger partial charge in [-0.1, -0.05) is 49.2 Å². The third-order valence-corrected chi connectivity index (χ3v) is 5.70. The lowest BCUT2D eigenvalue weighted by atomic mass is 9.96. The Hall–Kier alpha value is -1.68. The molecule has 0 spiro atoms. The lowest BCUT2D eigenvalue weighted by molar-refractivity contribution is -0.122. The van der Waals surface area contributed by atoms with Gasteiger partial charge in [-0.3, -0.25) is 4.79 Å². The monoisotopic (exact) mass is 477 g/mol. The van der Waals surface area contributed by atoms with Gasteiger partial charge in [-0.15, -0.1) is 0 Å². The van der Waals surface area contributed by atoms with Crippen LogP contribution in [-0.2, 0) is 11.2 Å². The highest BCUT2D eigenvalue weighted by Gasteiger charge is 2.14. The molecular weight excluding hydrogens is 453 g/mol. The minimum atomic E-state index is -3.64. The Morgan fingerprint density at radius 2 is 1.77 bits per heavy atom. The number of hydrogen-bond acceptors (Lipinski definition) is 6. The van der Waals surface area contributed by atoms with Crippen LogP contribution in [0, 0.1) is 0 Å². The Morgan fingerprint density at radius 1 is 1.13 bits per heavy atom. The number of ether oxygens (including phenoxy) is 1. The van der Waals surface area contributed by atoms with Crippen LogP contribution >= 0.6 is 34.1 Å². The number of carbonyl (C=O) groups excluding carboxylic acids is 1. The van der Waals surface area contributed by atoms with Gasteiger partial charge in [0, 0.05) is 23.0 Å². The van der Waals surface area contributed by atoms with Crippen molar-refractivity contribution < 1.29 is 28.3 Å². The Labute approximate surface area is 187 Å². The lowest BCUT2D eigenvalue weighted by Gasteiger charge is -2.18. The molecule has 0 radical (unpaired) electrons. The summed E-state index contributed by atoms with van der Waals surface area (Å²) in [5, 5.41) is 13.1. The molecule has 0 aliphatic heterocycles. The zero-order chi connectivity index (χ0) is 22.5. The van der Waals surface area contributed by atoms with Gasteiger partial charge < -0.3 is 28.8 Å². The zero-order valence-electron chi connectivity index (χ0n) is 16.6. The van der Waals surface area contributed by atoms with E-state index in [4.69, 9.17) is 41.6 Å². The predicted octanol–water partition coefficient (Wildman–Crippen LogP) is 5.13. The molecule has 0 saturated carbocycles. The van der Waals surface area contributed by atoms with Crippen molar-refractivity contribution in [2.75, 3.05) is 18.9 Å². The summed E-state index contributed by atoms with van der Waals surface area (Å²) in [7, 11) is -3.64.